The number of rotatable bonds is 6. The molecule has 2 fully saturated rings. The zero-order chi connectivity index (χ0) is 19.6. The quantitative estimate of drug-likeness (QED) is 0.745. The van der Waals surface area contributed by atoms with E-state index >= 15 is 0 Å². The number of carbonyl (C=O) groups excluding carboxylic acids is 3. The van der Waals surface area contributed by atoms with Crippen LogP contribution in [0.2, 0.25) is 0 Å². The van der Waals surface area contributed by atoms with Crippen LogP contribution in [0, 0.1) is 0 Å². The maximum atomic E-state index is 12.9. The van der Waals surface area contributed by atoms with E-state index < -0.39 is 17.5 Å². The van der Waals surface area contributed by atoms with E-state index in [-0.39, 0.29) is 18.6 Å². The predicted molar refractivity (Wildman–Crippen MR) is 100 cm³/mol. The molecule has 146 valence electrons. The number of hydrogen-bond donors (Lipinski definition) is 2. The number of benzene rings is 1. The van der Waals surface area contributed by atoms with Crippen LogP contribution in [0.1, 0.15) is 50.7 Å². The fourth-order valence-corrected chi connectivity index (χ4v) is 3.47. The minimum absolute atomic E-state index is 0.0155. The van der Waals surface area contributed by atoms with Gasteiger partial charge in [0.25, 0.3) is 5.91 Å². The molecule has 7 nitrogen and oxygen atoms in total. The highest BCUT2D eigenvalue weighted by atomic mass is 16.5. The van der Waals surface area contributed by atoms with Crippen molar-refractivity contribution in [3.8, 4) is 0 Å². The summed E-state index contributed by atoms with van der Waals surface area (Å²) < 4.78 is 5.46. The Morgan fingerprint density at radius 2 is 2.04 bits per heavy atom. The maximum Gasteiger partial charge on any atom is 0.325 e. The van der Waals surface area contributed by atoms with Crippen LogP contribution in [0.25, 0.3) is 0 Å². The van der Waals surface area contributed by atoms with Crippen molar-refractivity contribution in [1.82, 2.24) is 15.5 Å². The number of ether oxygens (including phenoxy) is 1. The lowest BCUT2D eigenvalue weighted by Gasteiger charge is -2.23. The van der Waals surface area contributed by atoms with Crippen molar-refractivity contribution < 1.29 is 19.1 Å². The predicted octanol–water partition coefficient (Wildman–Crippen LogP) is 1.87. The van der Waals surface area contributed by atoms with Gasteiger partial charge in [-0.3, -0.25) is 14.5 Å². The monoisotopic (exact) mass is 373 g/mol. The third-order valence-corrected chi connectivity index (χ3v) is 5.28. The van der Waals surface area contributed by atoms with Gasteiger partial charge in [0.1, 0.15) is 12.1 Å². The lowest BCUT2D eigenvalue weighted by atomic mass is 9.90. The van der Waals surface area contributed by atoms with Crippen molar-refractivity contribution in [3.05, 3.63) is 35.4 Å². The number of nitrogens with zero attached hydrogens (tertiary/aromatic N) is 1. The zero-order valence-electron chi connectivity index (χ0n) is 16.1. The van der Waals surface area contributed by atoms with Crippen molar-refractivity contribution in [2.24, 2.45) is 0 Å². The van der Waals surface area contributed by atoms with Gasteiger partial charge in [-0.25, -0.2) is 4.79 Å². The first-order valence-corrected chi connectivity index (χ1v) is 9.44. The van der Waals surface area contributed by atoms with E-state index in [0.717, 1.165) is 23.3 Å². The second-order valence-corrected chi connectivity index (χ2v) is 7.66. The van der Waals surface area contributed by atoms with Crippen LogP contribution >= 0.6 is 0 Å². The Kier molecular flexibility index (Phi) is 5.51. The molecule has 27 heavy (non-hydrogen) atoms. The molecule has 0 radical (unpaired) electrons. The summed E-state index contributed by atoms with van der Waals surface area (Å²) in [6, 6.07) is 7.08. The lowest BCUT2D eigenvalue weighted by Crippen LogP contribution is -2.44. The second-order valence-electron chi connectivity index (χ2n) is 7.66. The third-order valence-electron chi connectivity index (χ3n) is 5.28. The topological polar surface area (TPSA) is 87.7 Å². The molecule has 3 rings (SSSR count). The average molecular weight is 373 g/mol. The molecule has 0 saturated carbocycles. The molecular weight excluding hydrogens is 346 g/mol. The highest BCUT2D eigenvalue weighted by Gasteiger charge is 2.49. The fraction of sp³-hybridized carbons (Fsp3) is 0.550. The van der Waals surface area contributed by atoms with Gasteiger partial charge in [-0.05, 0) is 36.8 Å². The minimum Gasteiger partial charge on any atom is -0.376 e. The van der Waals surface area contributed by atoms with Crippen LogP contribution in [0.3, 0.4) is 0 Å². The van der Waals surface area contributed by atoms with E-state index in [4.69, 9.17) is 4.74 Å². The smallest absolute Gasteiger partial charge is 0.325 e. The molecule has 2 atom stereocenters. The molecule has 0 bridgehead atoms. The van der Waals surface area contributed by atoms with E-state index in [1.54, 1.807) is 6.92 Å². The SMILES string of the molecule is CC(C)c1ccc([C@@]2(C)NC(=O)N(CC(=O)NC[C@@H]3CCCO3)C2=O)cc1. The van der Waals surface area contributed by atoms with E-state index in [0.29, 0.717) is 24.6 Å². The van der Waals surface area contributed by atoms with Gasteiger partial charge in [0.2, 0.25) is 5.91 Å². The molecule has 2 aliphatic heterocycles. The number of hydrogen-bond acceptors (Lipinski definition) is 4. The van der Waals surface area contributed by atoms with Gasteiger partial charge in [0, 0.05) is 13.2 Å². The molecule has 7 heteroatoms. The first-order valence-electron chi connectivity index (χ1n) is 9.44. The molecule has 1 aromatic carbocycles. The Balaban J connectivity index is 1.65. The summed E-state index contributed by atoms with van der Waals surface area (Å²) in [4.78, 5) is 38.4. The van der Waals surface area contributed by atoms with Gasteiger partial charge >= 0.3 is 6.03 Å². The van der Waals surface area contributed by atoms with Crippen LogP contribution in [-0.2, 0) is 19.9 Å². The van der Waals surface area contributed by atoms with Gasteiger partial charge in [-0.15, -0.1) is 0 Å². The van der Waals surface area contributed by atoms with E-state index in [9.17, 15) is 14.4 Å². The lowest BCUT2D eigenvalue weighted by molar-refractivity contribution is -0.134. The summed E-state index contributed by atoms with van der Waals surface area (Å²) in [5, 5.41) is 5.47. The largest absolute Gasteiger partial charge is 0.376 e. The van der Waals surface area contributed by atoms with Gasteiger partial charge in [-0.2, -0.15) is 0 Å². The van der Waals surface area contributed by atoms with Crippen molar-refractivity contribution in [3.63, 3.8) is 0 Å². The maximum absolute atomic E-state index is 12.9. The molecule has 0 unspecified atom stereocenters. The Morgan fingerprint density at radius 1 is 1.33 bits per heavy atom. The molecule has 2 aliphatic rings. The Morgan fingerprint density at radius 3 is 2.63 bits per heavy atom. The summed E-state index contributed by atoms with van der Waals surface area (Å²) in [5.41, 5.74) is 0.693. The van der Waals surface area contributed by atoms with Crippen LogP contribution in [0.4, 0.5) is 4.79 Å². The zero-order valence-corrected chi connectivity index (χ0v) is 16.1. The van der Waals surface area contributed by atoms with Crippen molar-refractivity contribution >= 4 is 17.8 Å². The normalized spacial score (nSPS) is 25.2. The summed E-state index contributed by atoms with van der Waals surface area (Å²) in [5.74, 6) is -0.407. The van der Waals surface area contributed by atoms with E-state index in [1.165, 1.54) is 0 Å². The molecule has 2 saturated heterocycles. The van der Waals surface area contributed by atoms with Gasteiger partial charge in [0.15, 0.2) is 0 Å². The molecule has 4 amide bonds. The molecule has 1 aromatic rings. The Hall–Kier alpha value is -2.41. The number of carbonyl (C=O) groups is 3. The van der Waals surface area contributed by atoms with Crippen LogP contribution in [0.5, 0.6) is 0 Å². The van der Waals surface area contributed by atoms with Crippen LogP contribution in [-0.4, -0.2) is 48.5 Å². The number of urea groups is 1. The molecular formula is C20H27N3O4. The minimum atomic E-state index is -1.17. The van der Waals surface area contributed by atoms with Crippen molar-refractivity contribution in [2.75, 3.05) is 19.7 Å². The number of imide groups is 1. The van der Waals surface area contributed by atoms with Gasteiger partial charge in [-0.1, -0.05) is 38.1 Å². The molecule has 0 aliphatic carbocycles. The fourth-order valence-electron chi connectivity index (χ4n) is 3.47. The van der Waals surface area contributed by atoms with E-state index in [1.807, 2.05) is 24.3 Å². The number of nitrogens with one attached hydrogen (secondary N) is 2. The highest BCUT2D eigenvalue weighted by molar-refractivity contribution is 6.09. The second kappa shape index (κ2) is 7.68. The Bertz CT molecular complexity index is 725. The summed E-state index contributed by atoms with van der Waals surface area (Å²) in [7, 11) is 0. The number of amides is 4. The highest BCUT2D eigenvalue weighted by Crippen LogP contribution is 2.29. The third kappa shape index (κ3) is 3.98. The van der Waals surface area contributed by atoms with Crippen molar-refractivity contribution in [1.29, 1.82) is 0 Å². The standard InChI is InChI=1S/C20H27N3O4/c1-13(2)14-6-8-15(9-7-14)20(3)18(25)23(19(26)22-20)12-17(24)21-11-16-5-4-10-27-16/h6-9,13,16H,4-5,10-12H2,1-3H3,(H,21,24)(H,22,26)/t16-,20+/m0/s1. The van der Waals surface area contributed by atoms with Crippen molar-refractivity contribution in [2.45, 2.75) is 51.2 Å². The van der Waals surface area contributed by atoms with Gasteiger partial charge < -0.3 is 15.4 Å². The first-order chi connectivity index (χ1) is 12.8. The first kappa shape index (κ1) is 19.4. The summed E-state index contributed by atoms with van der Waals surface area (Å²) in [6.45, 7) is 6.67. The van der Waals surface area contributed by atoms with Crippen LogP contribution in [0.15, 0.2) is 24.3 Å². The Labute approximate surface area is 159 Å². The molecule has 2 N–H and O–H groups in total. The van der Waals surface area contributed by atoms with Crippen LogP contribution < -0.4 is 10.6 Å². The van der Waals surface area contributed by atoms with Gasteiger partial charge in [0.05, 0.1) is 6.10 Å². The average Bonchev–Trinajstić information content (AvgIpc) is 3.23. The molecule has 2 heterocycles. The molecule has 0 spiro atoms. The molecule has 0 aromatic heterocycles. The van der Waals surface area contributed by atoms with E-state index in [2.05, 4.69) is 24.5 Å². The summed E-state index contributed by atoms with van der Waals surface area (Å²) >= 11 is 0. The summed E-state index contributed by atoms with van der Waals surface area (Å²) in [6.07, 6.45) is 1.91.